The summed E-state index contributed by atoms with van der Waals surface area (Å²) in [7, 11) is 0. The highest BCUT2D eigenvalue weighted by atomic mass is 35.5. The lowest BCUT2D eigenvalue weighted by atomic mass is 10.1. The Labute approximate surface area is 205 Å². The number of carbonyl (C=O) groups excluding carboxylic acids is 2. The molecular weight excluding hydrogens is 479 g/mol. The van der Waals surface area contributed by atoms with Crippen LogP contribution in [0.2, 0.25) is 10.0 Å². The molecule has 1 aliphatic rings. The fourth-order valence-corrected chi connectivity index (χ4v) is 4.49. The van der Waals surface area contributed by atoms with Gasteiger partial charge in [-0.25, -0.2) is 0 Å². The lowest BCUT2D eigenvalue weighted by Gasteiger charge is -2.13. The number of hydrogen-bond acceptors (Lipinski definition) is 5. The van der Waals surface area contributed by atoms with Crippen molar-refractivity contribution < 1.29 is 14.3 Å². The number of halogens is 2. The molecule has 0 bridgehead atoms. The number of hydrogen-bond donors (Lipinski definition) is 0. The quantitative estimate of drug-likeness (QED) is 0.357. The number of thioether (sulfide) groups is 1. The Morgan fingerprint density at radius 3 is 2.48 bits per heavy atom. The number of amides is 2. The molecule has 0 aliphatic carbocycles. The van der Waals surface area contributed by atoms with Gasteiger partial charge in [0.2, 0.25) is 0 Å². The number of nitriles is 1. The van der Waals surface area contributed by atoms with Gasteiger partial charge in [-0.3, -0.25) is 14.5 Å². The SMILES string of the molecule is N#Cc1ccccc1CN1C(=O)S/C(=C/c2ccc(OCc3ccc(Cl)cc3Cl)cc2)C1=O. The molecule has 164 valence electrons. The zero-order valence-electron chi connectivity index (χ0n) is 17.1. The van der Waals surface area contributed by atoms with E-state index in [0.29, 0.717) is 38.4 Å². The first kappa shape index (κ1) is 22.9. The van der Waals surface area contributed by atoms with Gasteiger partial charge in [-0.2, -0.15) is 5.26 Å². The number of rotatable bonds is 6. The first-order valence-corrected chi connectivity index (χ1v) is 11.4. The molecule has 0 spiro atoms. The highest BCUT2D eigenvalue weighted by Gasteiger charge is 2.35. The third-order valence-corrected chi connectivity index (χ3v) is 6.42. The van der Waals surface area contributed by atoms with E-state index in [1.54, 1.807) is 66.7 Å². The normalized spacial score (nSPS) is 14.6. The summed E-state index contributed by atoms with van der Waals surface area (Å²) < 4.78 is 5.77. The molecule has 0 saturated carbocycles. The van der Waals surface area contributed by atoms with Crippen LogP contribution in [-0.2, 0) is 17.9 Å². The van der Waals surface area contributed by atoms with Crippen molar-refractivity contribution in [3.05, 3.63) is 104 Å². The molecule has 0 unspecified atom stereocenters. The summed E-state index contributed by atoms with van der Waals surface area (Å²) in [6, 6.07) is 21.4. The number of benzene rings is 3. The number of ether oxygens (including phenoxy) is 1. The monoisotopic (exact) mass is 494 g/mol. The smallest absolute Gasteiger partial charge is 0.293 e. The van der Waals surface area contributed by atoms with E-state index in [1.807, 2.05) is 6.07 Å². The Kier molecular flexibility index (Phi) is 7.05. The van der Waals surface area contributed by atoms with Gasteiger partial charge in [0.25, 0.3) is 11.1 Å². The van der Waals surface area contributed by atoms with E-state index < -0.39 is 0 Å². The first-order valence-electron chi connectivity index (χ1n) is 9.85. The highest BCUT2D eigenvalue weighted by Crippen LogP contribution is 2.34. The average Bonchev–Trinajstić information content (AvgIpc) is 3.07. The van der Waals surface area contributed by atoms with E-state index >= 15 is 0 Å². The molecule has 3 aromatic carbocycles. The maximum absolute atomic E-state index is 12.8. The Bertz CT molecular complexity index is 1300. The van der Waals surface area contributed by atoms with Crippen LogP contribution in [0.4, 0.5) is 4.79 Å². The second kappa shape index (κ2) is 10.1. The van der Waals surface area contributed by atoms with Gasteiger partial charge in [-0.1, -0.05) is 59.6 Å². The van der Waals surface area contributed by atoms with Crippen LogP contribution in [0.5, 0.6) is 5.75 Å². The van der Waals surface area contributed by atoms with Crippen LogP contribution in [0.25, 0.3) is 6.08 Å². The van der Waals surface area contributed by atoms with Crippen LogP contribution in [-0.4, -0.2) is 16.0 Å². The second-order valence-electron chi connectivity index (χ2n) is 7.13. The van der Waals surface area contributed by atoms with Crippen LogP contribution < -0.4 is 4.74 Å². The lowest BCUT2D eigenvalue weighted by molar-refractivity contribution is -0.123. The Morgan fingerprint density at radius 2 is 1.76 bits per heavy atom. The lowest BCUT2D eigenvalue weighted by Crippen LogP contribution is -2.27. The zero-order chi connectivity index (χ0) is 23.4. The fourth-order valence-electron chi connectivity index (χ4n) is 3.19. The standard InChI is InChI=1S/C25H16Cl2N2O3S/c26-20-8-7-19(22(27)12-20)15-32-21-9-5-16(6-10-21)11-23-24(30)29(25(31)33-23)14-18-4-2-1-3-17(18)13-28/h1-12H,14-15H2/b23-11+. The molecule has 2 amide bonds. The average molecular weight is 495 g/mol. The van der Waals surface area contributed by atoms with Gasteiger partial charge in [0, 0.05) is 15.6 Å². The summed E-state index contributed by atoms with van der Waals surface area (Å²) in [5, 5.41) is 9.98. The largest absolute Gasteiger partial charge is 0.489 e. The van der Waals surface area contributed by atoms with Gasteiger partial charge >= 0.3 is 0 Å². The van der Waals surface area contributed by atoms with E-state index in [1.165, 1.54) is 0 Å². The minimum atomic E-state index is -0.379. The molecular formula is C25H16Cl2N2O3S. The van der Waals surface area contributed by atoms with Crippen molar-refractivity contribution in [1.29, 1.82) is 5.26 Å². The van der Waals surface area contributed by atoms with E-state index in [4.69, 9.17) is 27.9 Å². The fraction of sp³-hybridized carbons (Fsp3) is 0.0800. The van der Waals surface area contributed by atoms with Gasteiger partial charge < -0.3 is 4.74 Å². The zero-order valence-corrected chi connectivity index (χ0v) is 19.5. The van der Waals surface area contributed by atoms with Crippen molar-refractivity contribution in [2.24, 2.45) is 0 Å². The third kappa shape index (κ3) is 5.40. The van der Waals surface area contributed by atoms with E-state index in [-0.39, 0.29) is 17.7 Å². The number of carbonyl (C=O) groups is 2. The molecule has 1 heterocycles. The Balaban J connectivity index is 1.43. The van der Waals surface area contributed by atoms with Crippen molar-refractivity contribution in [2.45, 2.75) is 13.2 Å². The summed E-state index contributed by atoms with van der Waals surface area (Å²) in [5.41, 5.74) is 2.65. The third-order valence-electron chi connectivity index (χ3n) is 4.93. The maximum atomic E-state index is 12.8. The van der Waals surface area contributed by atoms with Crippen LogP contribution in [0, 0.1) is 11.3 Å². The van der Waals surface area contributed by atoms with E-state index in [9.17, 15) is 14.9 Å². The van der Waals surface area contributed by atoms with Crippen molar-refractivity contribution >= 4 is 52.2 Å². The molecule has 4 rings (SSSR count). The minimum Gasteiger partial charge on any atom is -0.489 e. The molecule has 0 radical (unpaired) electrons. The van der Waals surface area contributed by atoms with Gasteiger partial charge in [-0.15, -0.1) is 0 Å². The highest BCUT2D eigenvalue weighted by molar-refractivity contribution is 8.18. The molecule has 0 atom stereocenters. The van der Waals surface area contributed by atoms with E-state index in [0.717, 1.165) is 27.8 Å². The summed E-state index contributed by atoms with van der Waals surface area (Å²) >= 11 is 13.0. The molecule has 8 heteroatoms. The van der Waals surface area contributed by atoms with Gasteiger partial charge in [-0.05, 0) is 59.3 Å². The van der Waals surface area contributed by atoms with Crippen molar-refractivity contribution in [3.63, 3.8) is 0 Å². The molecule has 1 fully saturated rings. The van der Waals surface area contributed by atoms with E-state index in [2.05, 4.69) is 6.07 Å². The van der Waals surface area contributed by atoms with Gasteiger partial charge in [0.1, 0.15) is 12.4 Å². The molecule has 33 heavy (non-hydrogen) atoms. The van der Waals surface area contributed by atoms with Crippen molar-refractivity contribution in [1.82, 2.24) is 4.90 Å². The van der Waals surface area contributed by atoms with Crippen LogP contribution in [0.3, 0.4) is 0 Å². The summed E-state index contributed by atoms with van der Waals surface area (Å²) in [4.78, 5) is 26.7. The molecule has 5 nitrogen and oxygen atoms in total. The van der Waals surface area contributed by atoms with Crippen LogP contribution in [0.1, 0.15) is 22.3 Å². The minimum absolute atomic E-state index is 0.0613. The number of nitrogens with zero attached hydrogens (tertiary/aromatic N) is 2. The van der Waals surface area contributed by atoms with Gasteiger partial charge in [0.15, 0.2) is 0 Å². The summed E-state index contributed by atoms with van der Waals surface area (Å²) in [5.74, 6) is 0.259. The summed E-state index contributed by atoms with van der Waals surface area (Å²) in [6.07, 6.45) is 1.67. The predicted molar refractivity (Wildman–Crippen MR) is 130 cm³/mol. The molecule has 0 N–H and O–H groups in total. The molecule has 1 aliphatic heterocycles. The van der Waals surface area contributed by atoms with Crippen molar-refractivity contribution in [3.8, 4) is 11.8 Å². The van der Waals surface area contributed by atoms with Crippen LogP contribution in [0.15, 0.2) is 71.6 Å². The first-order chi connectivity index (χ1) is 15.9. The maximum Gasteiger partial charge on any atom is 0.293 e. The second-order valence-corrected chi connectivity index (χ2v) is 8.97. The Hall–Kier alpha value is -3.24. The summed E-state index contributed by atoms with van der Waals surface area (Å²) in [6.45, 7) is 0.351. The van der Waals surface area contributed by atoms with Gasteiger partial charge in [0.05, 0.1) is 23.1 Å². The molecule has 3 aromatic rings. The number of imide groups is 1. The molecule has 0 aromatic heterocycles. The topological polar surface area (TPSA) is 70.4 Å². The molecule has 1 saturated heterocycles. The Morgan fingerprint density at radius 1 is 1.00 bits per heavy atom. The predicted octanol–water partition coefficient (Wildman–Crippen LogP) is 6.68. The van der Waals surface area contributed by atoms with Crippen molar-refractivity contribution in [2.75, 3.05) is 0 Å². The van der Waals surface area contributed by atoms with Crippen LogP contribution >= 0.6 is 35.0 Å².